The number of rotatable bonds is 5. The Balaban J connectivity index is 1.63. The summed E-state index contributed by atoms with van der Waals surface area (Å²) in [5.41, 5.74) is 2.50. The van der Waals surface area contributed by atoms with Gasteiger partial charge in [0.05, 0.1) is 18.5 Å². The number of carbonyl (C=O) groups excluding carboxylic acids is 3. The van der Waals surface area contributed by atoms with Gasteiger partial charge in [-0.15, -0.1) is 0 Å². The van der Waals surface area contributed by atoms with Crippen LogP contribution in [0.4, 0.5) is 11.4 Å². The fraction of sp³-hybridized carbons (Fsp3) is 0.154. The molecular formula is C26H21N3O4. The molecule has 1 fully saturated rings. The third-order valence-electron chi connectivity index (χ3n) is 5.94. The van der Waals surface area contributed by atoms with Crippen molar-refractivity contribution >= 4 is 34.7 Å². The predicted octanol–water partition coefficient (Wildman–Crippen LogP) is 3.62. The van der Waals surface area contributed by atoms with E-state index >= 15 is 0 Å². The number of para-hydroxylation sites is 2. The Hall–Kier alpha value is -4.26. The molecule has 2 atom stereocenters. The molecule has 164 valence electrons. The van der Waals surface area contributed by atoms with Gasteiger partial charge in [0.15, 0.2) is 0 Å². The van der Waals surface area contributed by atoms with Crippen LogP contribution in [0.25, 0.3) is 0 Å². The number of aryl methyl sites for hydroxylation is 1. The molecule has 7 nitrogen and oxygen atoms in total. The Labute approximate surface area is 190 Å². The van der Waals surface area contributed by atoms with Gasteiger partial charge >= 0.3 is 0 Å². The number of ether oxygens (including phenoxy) is 1. The number of carbonyl (C=O) groups is 3. The zero-order valence-electron chi connectivity index (χ0n) is 18.1. The Morgan fingerprint density at radius 1 is 0.879 bits per heavy atom. The SMILES string of the molecule is COc1ccccc1N1C(=O)[C@H]2C(C(=O)c3ccccc3)=NN(c3ccc(C)cc3)[C@@H]2C1=O. The minimum Gasteiger partial charge on any atom is -0.495 e. The number of ketones is 1. The average Bonchev–Trinajstić information content (AvgIpc) is 3.36. The van der Waals surface area contributed by atoms with Crippen molar-refractivity contribution in [3.05, 3.63) is 90.0 Å². The lowest BCUT2D eigenvalue weighted by atomic mass is 9.92. The lowest BCUT2D eigenvalue weighted by Gasteiger charge is -2.23. The second-order valence-electron chi connectivity index (χ2n) is 7.97. The number of hydrazone groups is 1. The van der Waals surface area contributed by atoms with E-state index in [-0.39, 0.29) is 11.5 Å². The van der Waals surface area contributed by atoms with Gasteiger partial charge in [-0.1, -0.05) is 60.2 Å². The highest BCUT2D eigenvalue weighted by Gasteiger charge is 2.59. The monoisotopic (exact) mass is 439 g/mol. The maximum absolute atomic E-state index is 13.6. The number of benzene rings is 3. The molecule has 3 aromatic carbocycles. The van der Waals surface area contributed by atoms with Gasteiger partial charge in [0.25, 0.3) is 5.91 Å². The molecule has 2 aliphatic heterocycles. The van der Waals surface area contributed by atoms with Crippen LogP contribution in [0.15, 0.2) is 84.0 Å². The van der Waals surface area contributed by atoms with E-state index in [0.717, 1.165) is 10.5 Å². The molecule has 5 rings (SSSR count). The third kappa shape index (κ3) is 3.29. The van der Waals surface area contributed by atoms with E-state index in [1.807, 2.05) is 37.3 Å². The van der Waals surface area contributed by atoms with Crippen LogP contribution in [0.5, 0.6) is 5.75 Å². The molecule has 0 aromatic heterocycles. The minimum absolute atomic E-state index is 0.0579. The fourth-order valence-electron chi connectivity index (χ4n) is 4.30. The Kier molecular flexibility index (Phi) is 5.01. The molecular weight excluding hydrogens is 418 g/mol. The van der Waals surface area contributed by atoms with Crippen molar-refractivity contribution in [2.24, 2.45) is 11.0 Å². The van der Waals surface area contributed by atoms with E-state index in [1.165, 1.54) is 12.1 Å². The van der Waals surface area contributed by atoms with Crippen molar-refractivity contribution in [1.29, 1.82) is 0 Å². The molecule has 0 unspecified atom stereocenters. The number of fused-ring (bicyclic) bond motifs is 1. The number of Topliss-reactive ketones (excluding diaryl/α,β-unsaturated/α-hetero) is 1. The number of anilines is 2. The van der Waals surface area contributed by atoms with E-state index < -0.39 is 23.8 Å². The third-order valence-corrected chi connectivity index (χ3v) is 5.94. The molecule has 0 bridgehead atoms. The zero-order valence-corrected chi connectivity index (χ0v) is 18.1. The van der Waals surface area contributed by atoms with Gasteiger partial charge in [0.1, 0.15) is 23.4 Å². The largest absolute Gasteiger partial charge is 0.495 e. The first-order chi connectivity index (χ1) is 16.0. The quantitative estimate of drug-likeness (QED) is 0.448. The summed E-state index contributed by atoms with van der Waals surface area (Å²) in [5, 5.41) is 6.02. The fourth-order valence-corrected chi connectivity index (χ4v) is 4.30. The second kappa shape index (κ2) is 8.02. The van der Waals surface area contributed by atoms with Gasteiger partial charge in [-0.2, -0.15) is 5.10 Å². The van der Waals surface area contributed by atoms with E-state index in [0.29, 0.717) is 22.7 Å². The van der Waals surface area contributed by atoms with E-state index in [9.17, 15) is 14.4 Å². The Morgan fingerprint density at radius 3 is 2.24 bits per heavy atom. The van der Waals surface area contributed by atoms with Crippen molar-refractivity contribution in [3.8, 4) is 5.75 Å². The zero-order chi connectivity index (χ0) is 23.1. The van der Waals surface area contributed by atoms with Crippen molar-refractivity contribution in [2.45, 2.75) is 13.0 Å². The van der Waals surface area contributed by atoms with Crippen LogP contribution in [-0.4, -0.2) is 36.5 Å². The van der Waals surface area contributed by atoms with Crippen LogP contribution < -0.4 is 14.6 Å². The molecule has 7 heteroatoms. The maximum Gasteiger partial charge on any atom is 0.260 e. The van der Waals surface area contributed by atoms with Gasteiger partial charge in [-0.05, 0) is 31.2 Å². The van der Waals surface area contributed by atoms with Gasteiger partial charge < -0.3 is 4.74 Å². The van der Waals surface area contributed by atoms with Crippen molar-refractivity contribution in [2.75, 3.05) is 17.0 Å². The van der Waals surface area contributed by atoms with Crippen molar-refractivity contribution in [1.82, 2.24) is 0 Å². The summed E-state index contributed by atoms with van der Waals surface area (Å²) in [6.07, 6.45) is 0. The smallest absolute Gasteiger partial charge is 0.260 e. The minimum atomic E-state index is -1.02. The summed E-state index contributed by atoms with van der Waals surface area (Å²) in [7, 11) is 1.48. The van der Waals surface area contributed by atoms with Gasteiger partial charge in [0.2, 0.25) is 11.7 Å². The Bertz CT molecular complexity index is 1280. The molecule has 1 saturated heterocycles. The number of hydrogen-bond acceptors (Lipinski definition) is 6. The molecule has 2 heterocycles. The predicted molar refractivity (Wildman–Crippen MR) is 125 cm³/mol. The number of methoxy groups -OCH3 is 1. The Morgan fingerprint density at radius 2 is 1.55 bits per heavy atom. The van der Waals surface area contributed by atoms with Crippen LogP contribution in [0.2, 0.25) is 0 Å². The van der Waals surface area contributed by atoms with Crippen molar-refractivity contribution < 1.29 is 19.1 Å². The summed E-state index contributed by atoms with van der Waals surface area (Å²) >= 11 is 0. The van der Waals surface area contributed by atoms with Crippen molar-refractivity contribution in [3.63, 3.8) is 0 Å². The first-order valence-corrected chi connectivity index (χ1v) is 10.6. The second-order valence-corrected chi connectivity index (χ2v) is 7.97. The van der Waals surface area contributed by atoms with E-state index in [4.69, 9.17) is 4.74 Å². The summed E-state index contributed by atoms with van der Waals surface area (Å²) in [4.78, 5) is 41.8. The standard InChI is InChI=1S/C26H21N3O4/c1-16-12-14-18(15-13-16)29-23-21(22(27-29)24(30)17-8-4-3-5-9-17)25(31)28(26(23)32)19-10-6-7-11-20(19)33-2/h3-15,21,23H,1-2H3/t21-,23-/m0/s1. The summed E-state index contributed by atoms with van der Waals surface area (Å²) in [6.45, 7) is 1.96. The normalized spacial score (nSPS) is 19.5. The molecule has 0 saturated carbocycles. The van der Waals surface area contributed by atoms with Crippen LogP contribution in [0.3, 0.4) is 0 Å². The topological polar surface area (TPSA) is 79.3 Å². The summed E-state index contributed by atoms with van der Waals surface area (Å²) < 4.78 is 5.39. The molecule has 0 N–H and O–H groups in total. The number of amides is 2. The number of nitrogens with zero attached hydrogens (tertiary/aromatic N) is 3. The van der Waals surface area contributed by atoms with Crippen LogP contribution in [0.1, 0.15) is 15.9 Å². The molecule has 0 aliphatic carbocycles. The van der Waals surface area contributed by atoms with Gasteiger partial charge in [-0.3, -0.25) is 19.4 Å². The molecule has 0 spiro atoms. The van der Waals surface area contributed by atoms with Gasteiger partial charge in [-0.25, -0.2) is 4.90 Å². The lowest BCUT2D eigenvalue weighted by molar-refractivity contribution is -0.121. The highest BCUT2D eigenvalue weighted by atomic mass is 16.5. The van der Waals surface area contributed by atoms with Gasteiger partial charge in [0, 0.05) is 5.56 Å². The molecule has 33 heavy (non-hydrogen) atoms. The molecule has 2 aliphatic rings. The van der Waals surface area contributed by atoms with Crippen LogP contribution >= 0.6 is 0 Å². The average molecular weight is 439 g/mol. The van der Waals surface area contributed by atoms with E-state index in [1.54, 1.807) is 48.5 Å². The van der Waals surface area contributed by atoms with Crippen LogP contribution in [-0.2, 0) is 9.59 Å². The molecule has 3 aromatic rings. The van der Waals surface area contributed by atoms with E-state index in [2.05, 4.69) is 5.10 Å². The maximum atomic E-state index is 13.6. The first-order valence-electron chi connectivity index (χ1n) is 10.6. The highest BCUT2D eigenvalue weighted by molar-refractivity contribution is 6.53. The summed E-state index contributed by atoms with van der Waals surface area (Å²) in [6, 6.07) is 22.0. The number of hydrogen-bond donors (Lipinski definition) is 0. The van der Waals surface area contributed by atoms with Crippen LogP contribution in [0, 0.1) is 12.8 Å². The highest BCUT2D eigenvalue weighted by Crippen LogP contribution is 2.40. The first kappa shape index (κ1) is 20.6. The molecule has 2 amide bonds. The molecule has 0 radical (unpaired) electrons. The lowest BCUT2D eigenvalue weighted by Crippen LogP contribution is -2.39. The summed E-state index contributed by atoms with van der Waals surface area (Å²) in [5.74, 6) is -1.93. The number of imide groups is 1.